The van der Waals surface area contributed by atoms with Crippen LogP contribution in [0.4, 0.5) is 4.39 Å². The normalized spacial score (nSPS) is 23.1. The van der Waals surface area contributed by atoms with E-state index in [2.05, 4.69) is 5.32 Å². The van der Waals surface area contributed by atoms with Gasteiger partial charge in [-0.3, -0.25) is 4.79 Å². The summed E-state index contributed by atoms with van der Waals surface area (Å²) in [5, 5.41) is 12.4. The van der Waals surface area contributed by atoms with E-state index in [1.807, 2.05) is 0 Å². The van der Waals surface area contributed by atoms with Crippen LogP contribution in [0, 0.1) is 5.82 Å². The molecule has 1 amide bonds. The fraction of sp³-hybridized carbons (Fsp3) is 0.500. The molecule has 0 aliphatic heterocycles. The number of rotatable bonds is 4. The van der Waals surface area contributed by atoms with Crippen molar-refractivity contribution in [1.29, 1.82) is 0 Å². The van der Waals surface area contributed by atoms with Crippen LogP contribution in [0.15, 0.2) is 29.2 Å². The Morgan fingerprint density at radius 3 is 2.53 bits per heavy atom. The highest BCUT2D eigenvalue weighted by Crippen LogP contribution is 2.20. The predicted molar refractivity (Wildman–Crippen MR) is 73.5 cm³/mol. The van der Waals surface area contributed by atoms with Crippen LogP contribution in [-0.4, -0.2) is 28.9 Å². The van der Waals surface area contributed by atoms with Crippen LogP contribution in [0.2, 0.25) is 0 Å². The summed E-state index contributed by atoms with van der Waals surface area (Å²) >= 11 is 1.40. The van der Waals surface area contributed by atoms with E-state index in [0.717, 1.165) is 30.6 Å². The Labute approximate surface area is 116 Å². The van der Waals surface area contributed by atoms with Crippen LogP contribution in [0.5, 0.6) is 0 Å². The molecular formula is C14H18FNO2S. The summed E-state index contributed by atoms with van der Waals surface area (Å²) in [7, 11) is 0. The number of hydrogen-bond acceptors (Lipinski definition) is 3. The summed E-state index contributed by atoms with van der Waals surface area (Å²) < 4.78 is 12.7. The fourth-order valence-corrected chi connectivity index (χ4v) is 2.88. The third kappa shape index (κ3) is 4.84. The number of nitrogens with one attached hydrogen (secondary N) is 1. The molecule has 0 atom stereocenters. The number of aliphatic hydroxyl groups excluding tert-OH is 1. The molecule has 0 spiro atoms. The Hall–Kier alpha value is -1.07. The second-order valence-corrected chi connectivity index (χ2v) is 5.86. The van der Waals surface area contributed by atoms with Gasteiger partial charge in [-0.05, 0) is 49.9 Å². The van der Waals surface area contributed by atoms with E-state index in [9.17, 15) is 14.3 Å². The molecule has 2 rings (SSSR count). The number of thioether (sulfide) groups is 1. The minimum atomic E-state index is -0.269. The summed E-state index contributed by atoms with van der Waals surface area (Å²) in [6.45, 7) is 0. The lowest BCUT2D eigenvalue weighted by Crippen LogP contribution is -2.39. The molecule has 0 heterocycles. The van der Waals surface area contributed by atoms with Gasteiger partial charge in [0.05, 0.1) is 11.9 Å². The molecule has 0 unspecified atom stereocenters. The van der Waals surface area contributed by atoms with Gasteiger partial charge in [0, 0.05) is 10.9 Å². The zero-order valence-electron chi connectivity index (χ0n) is 10.6. The van der Waals surface area contributed by atoms with Crippen molar-refractivity contribution in [1.82, 2.24) is 5.32 Å². The van der Waals surface area contributed by atoms with Crippen LogP contribution in [0.3, 0.4) is 0 Å². The molecule has 1 aromatic rings. The summed E-state index contributed by atoms with van der Waals surface area (Å²) in [4.78, 5) is 12.6. The van der Waals surface area contributed by atoms with Crippen molar-refractivity contribution >= 4 is 17.7 Å². The van der Waals surface area contributed by atoms with Gasteiger partial charge in [-0.1, -0.05) is 0 Å². The van der Waals surface area contributed by atoms with Gasteiger partial charge in [-0.2, -0.15) is 0 Å². The van der Waals surface area contributed by atoms with E-state index in [-0.39, 0.29) is 23.9 Å². The van der Waals surface area contributed by atoms with Crippen molar-refractivity contribution < 1.29 is 14.3 Å². The molecule has 0 bridgehead atoms. The summed E-state index contributed by atoms with van der Waals surface area (Å²) in [6, 6.07) is 6.31. The lowest BCUT2D eigenvalue weighted by molar-refractivity contribution is -0.119. The van der Waals surface area contributed by atoms with Crippen molar-refractivity contribution in [3.8, 4) is 0 Å². The number of aliphatic hydroxyl groups is 1. The maximum atomic E-state index is 12.7. The van der Waals surface area contributed by atoms with Gasteiger partial charge < -0.3 is 10.4 Å². The maximum Gasteiger partial charge on any atom is 0.230 e. The number of carbonyl (C=O) groups excluding carboxylic acids is 1. The first-order chi connectivity index (χ1) is 9.13. The molecule has 104 valence electrons. The molecule has 1 fully saturated rings. The Morgan fingerprint density at radius 2 is 1.89 bits per heavy atom. The molecule has 5 heteroatoms. The summed E-state index contributed by atoms with van der Waals surface area (Å²) in [5.41, 5.74) is 0. The Balaban J connectivity index is 1.71. The van der Waals surface area contributed by atoms with Crippen molar-refractivity contribution in [2.45, 2.75) is 42.7 Å². The van der Waals surface area contributed by atoms with Gasteiger partial charge in [0.2, 0.25) is 5.91 Å². The summed E-state index contributed by atoms with van der Waals surface area (Å²) in [6.07, 6.45) is 3.00. The van der Waals surface area contributed by atoms with Gasteiger partial charge >= 0.3 is 0 Å². The van der Waals surface area contributed by atoms with Gasteiger partial charge in [-0.15, -0.1) is 11.8 Å². The van der Waals surface area contributed by atoms with E-state index < -0.39 is 0 Å². The largest absolute Gasteiger partial charge is 0.393 e. The first-order valence-electron chi connectivity index (χ1n) is 6.49. The van der Waals surface area contributed by atoms with Crippen molar-refractivity contribution in [2.75, 3.05) is 5.75 Å². The topological polar surface area (TPSA) is 49.3 Å². The van der Waals surface area contributed by atoms with Crippen molar-refractivity contribution in [3.05, 3.63) is 30.1 Å². The third-order valence-corrected chi connectivity index (χ3v) is 4.26. The van der Waals surface area contributed by atoms with Gasteiger partial charge in [0.25, 0.3) is 0 Å². The SMILES string of the molecule is O=C(CSc1ccc(F)cc1)NC1CCC(O)CC1. The fourth-order valence-electron chi connectivity index (χ4n) is 2.17. The molecular weight excluding hydrogens is 265 g/mol. The third-order valence-electron chi connectivity index (χ3n) is 3.25. The molecule has 3 nitrogen and oxygen atoms in total. The number of amides is 1. The average molecular weight is 283 g/mol. The highest BCUT2D eigenvalue weighted by atomic mass is 32.2. The Bertz CT molecular complexity index is 416. The van der Waals surface area contributed by atoms with E-state index in [1.54, 1.807) is 12.1 Å². The standard InChI is InChI=1S/C14H18FNO2S/c15-10-1-7-13(8-2-10)19-9-14(18)16-11-3-5-12(17)6-4-11/h1-2,7-8,11-12,17H,3-6,9H2,(H,16,18). The van der Waals surface area contributed by atoms with E-state index in [0.29, 0.717) is 5.75 Å². The van der Waals surface area contributed by atoms with Gasteiger partial charge in [0.1, 0.15) is 5.82 Å². The Morgan fingerprint density at radius 1 is 1.26 bits per heavy atom. The van der Waals surface area contributed by atoms with E-state index >= 15 is 0 Å². The molecule has 0 radical (unpaired) electrons. The zero-order chi connectivity index (χ0) is 13.7. The van der Waals surface area contributed by atoms with Crippen molar-refractivity contribution in [2.24, 2.45) is 0 Å². The predicted octanol–water partition coefficient (Wildman–Crippen LogP) is 2.34. The van der Waals surface area contributed by atoms with Crippen molar-refractivity contribution in [3.63, 3.8) is 0 Å². The summed E-state index contributed by atoms with van der Waals surface area (Å²) in [5.74, 6) is 0.0651. The second kappa shape index (κ2) is 6.91. The van der Waals surface area contributed by atoms with Gasteiger partial charge in [0.15, 0.2) is 0 Å². The maximum absolute atomic E-state index is 12.7. The number of benzene rings is 1. The van der Waals surface area contributed by atoms with Crippen LogP contribution in [-0.2, 0) is 4.79 Å². The highest BCUT2D eigenvalue weighted by Gasteiger charge is 2.20. The molecule has 0 aromatic heterocycles. The molecule has 1 aromatic carbocycles. The minimum Gasteiger partial charge on any atom is -0.393 e. The molecule has 19 heavy (non-hydrogen) atoms. The lowest BCUT2D eigenvalue weighted by atomic mass is 9.93. The molecule has 2 N–H and O–H groups in total. The van der Waals surface area contributed by atoms with Crippen LogP contribution in [0.1, 0.15) is 25.7 Å². The second-order valence-electron chi connectivity index (χ2n) is 4.82. The first kappa shape index (κ1) is 14.3. The number of carbonyl (C=O) groups is 1. The zero-order valence-corrected chi connectivity index (χ0v) is 11.5. The number of halogens is 1. The smallest absolute Gasteiger partial charge is 0.230 e. The first-order valence-corrected chi connectivity index (χ1v) is 7.48. The Kier molecular flexibility index (Phi) is 5.22. The highest BCUT2D eigenvalue weighted by molar-refractivity contribution is 8.00. The van der Waals surface area contributed by atoms with E-state index in [1.165, 1.54) is 23.9 Å². The quantitative estimate of drug-likeness (QED) is 0.834. The molecule has 1 saturated carbocycles. The number of hydrogen-bond donors (Lipinski definition) is 2. The lowest BCUT2D eigenvalue weighted by Gasteiger charge is -2.26. The molecule has 1 aliphatic rings. The average Bonchev–Trinajstić information content (AvgIpc) is 2.41. The molecule has 0 saturated heterocycles. The molecule has 1 aliphatic carbocycles. The van der Waals surface area contributed by atoms with E-state index in [4.69, 9.17) is 0 Å². The van der Waals surface area contributed by atoms with Gasteiger partial charge in [-0.25, -0.2) is 4.39 Å². The van der Waals surface area contributed by atoms with Crippen LogP contribution < -0.4 is 5.32 Å². The van der Waals surface area contributed by atoms with Crippen LogP contribution >= 0.6 is 11.8 Å². The minimum absolute atomic E-state index is 0.00397. The van der Waals surface area contributed by atoms with Crippen LogP contribution in [0.25, 0.3) is 0 Å². The monoisotopic (exact) mass is 283 g/mol.